The van der Waals surface area contributed by atoms with Crippen LogP contribution in [0.25, 0.3) is 0 Å². The zero-order valence-electron chi connectivity index (χ0n) is 16.9. The maximum Gasteiger partial charge on any atom is 0.416 e. The van der Waals surface area contributed by atoms with E-state index in [1.807, 2.05) is 4.90 Å². The van der Waals surface area contributed by atoms with E-state index >= 15 is 0 Å². The van der Waals surface area contributed by atoms with Gasteiger partial charge in [-0.15, -0.1) is 5.06 Å². The molecule has 0 saturated carbocycles. The van der Waals surface area contributed by atoms with E-state index in [9.17, 15) is 18.0 Å². The molecule has 3 rings (SSSR count). The summed E-state index contributed by atoms with van der Waals surface area (Å²) < 4.78 is 45.2. The van der Waals surface area contributed by atoms with Crippen molar-refractivity contribution < 1.29 is 27.5 Å². The van der Waals surface area contributed by atoms with Crippen molar-refractivity contribution in [1.29, 1.82) is 0 Å². The Morgan fingerprint density at radius 3 is 2.23 bits per heavy atom. The molecule has 1 aliphatic heterocycles. The zero-order chi connectivity index (χ0) is 21.9. The van der Waals surface area contributed by atoms with E-state index in [4.69, 9.17) is 9.57 Å². The number of hydroxylamine groups is 2. The van der Waals surface area contributed by atoms with Crippen LogP contribution in [0.5, 0.6) is 11.8 Å². The number of hydrogen-bond acceptors (Lipinski definition) is 7. The number of hydrogen-bond donors (Lipinski definition) is 0. The Labute approximate surface area is 172 Å². The monoisotopic (exact) mass is 424 g/mol. The molecule has 0 spiro atoms. The lowest BCUT2D eigenvalue weighted by molar-refractivity contribution is -0.201. The van der Waals surface area contributed by atoms with Crippen LogP contribution >= 0.6 is 0 Å². The molecule has 0 bridgehead atoms. The molecule has 1 aromatic carbocycles. The summed E-state index contributed by atoms with van der Waals surface area (Å²) in [5.74, 6) is -0.327. The van der Waals surface area contributed by atoms with Gasteiger partial charge in [0.2, 0.25) is 0 Å². The average molecular weight is 424 g/mol. The molecular formula is C20H23F3N4O3. The summed E-state index contributed by atoms with van der Waals surface area (Å²) in [6.45, 7) is 6.99. The van der Waals surface area contributed by atoms with E-state index in [1.54, 1.807) is 31.9 Å². The highest BCUT2D eigenvalue weighted by molar-refractivity contribution is 5.75. The summed E-state index contributed by atoms with van der Waals surface area (Å²) in [7, 11) is 0. The Morgan fingerprint density at radius 1 is 1.03 bits per heavy atom. The van der Waals surface area contributed by atoms with Crippen LogP contribution < -0.4 is 9.64 Å². The van der Waals surface area contributed by atoms with Gasteiger partial charge in [0.1, 0.15) is 0 Å². The second-order valence-electron chi connectivity index (χ2n) is 7.86. The van der Waals surface area contributed by atoms with Gasteiger partial charge in [-0.1, -0.05) is 0 Å². The van der Waals surface area contributed by atoms with Gasteiger partial charge >= 0.3 is 18.2 Å². The van der Waals surface area contributed by atoms with Gasteiger partial charge in [0, 0.05) is 25.5 Å². The fourth-order valence-electron chi connectivity index (χ4n) is 2.74. The summed E-state index contributed by atoms with van der Waals surface area (Å²) in [6.07, 6.45) is -1.62. The molecule has 0 radical (unpaired) electrons. The average Bonchev–Trinajstić information content (AvgIpc) is 2.68. The lowest BCUT2D eigenvalue weighted by atomic mass is 9.98. The van der Waals surface area contributed by atoms with Gasteiger partial charge in [-0.3, -0.25) is 0 Å². The summed E-state index contributed by atoms with van der Waals surface area (Å²) in [6, 6.07) is 4.86. The van der Waals surface area contributed by atoms with Crippen molar-refractivity contribution in [1.82, 2.24) is 15.0 Å². The van der Waals surface area contributed by atoms with Gasteiger partial charge in [0.15, 0.2) is 5.75 Å². The van der Waals surface area contributed by atoms with Gasteiger partial charge < -0.3 is 14.5 Å². The highest BCUT2D eigenvalue weighted by Crippen LogP contribution is 2.38. The largest absolute Gasteiger partial charge is 0.422 e. The molecule has 1 saturated heterocycles. The molecule has 1 fully saturated rings. The third-order valence-corrected chi connectivity index (χ3v) is 4.43. The first-order chi connectivity index (χ1) is 14.0. The van der Waals surface area contributed by atoms with E-state index in [1.165, 1.54) is 18.5 Å². The first-order valence-electron chi connectivity index (χ1n) is 9.42. The number of anilines is 1. The Hall–Kier alpha value is -2.88. The number of carbonyl (C=O) groups is 1. The minimum Gasteiger partial charge on any atom is -0.422 e. The zero-order valence-corrected chi connectivity index (χ0v) is 16.9. The number of aromatic nitrogens is 2. The summed E-state index contributed by atoms with van der Waals surface area (Å²) >= 11 is 0. The van der Waals surface area contributed by atoms with Gasteiger partial charge in [0.25, 0.3) is 0 Å². The molecule has 2 heterocycles. The number of ether oxygens (including phenoxy) is 1. The topological polar surface area (TPSA) is 67.8 Å². The molecule has 0 N–H and O–H groups in total. The summed E-state index contributed by atoms with van der Waals surface area (Å²) in [5.41, 5.74) is -0.964. The maximum absolute atomic E-state index is 13.2. The quantitative estimate of drug-likeness (QED) is 0.737. The molecule has 7 nitrogen and oxygen atoms in total. The molecule has 10 heteroatoms. The second-order valence-corrected chi connectivity index (χ2v) is 7.86. The Balaban J connectivity index is 1.77. The van der Waals surface area contributed by atoms with E-state index in [0.29, 0.717) is 31.9 Å². The molecule has 0 unspecified atom stereocenters. The Kier molecular flexibility index (Phi) is 6.16. The second kappa shape index (κ2) is 8.47. The molecule has 162 valence electrons. The van der Waals surface area contributed by atoms with Crippen molar-refractivity contribution in [2.75, 3.05) is 31.1 Å². The van der Waals surface area contributed by atoms with Crippen molar-refractivity contribution in [2.45, 2.75) is 26.9 Å². The van der Waals surface area contributed by atoms with Crippen LogP contribution in [0.3, 0.4) is 0 Å². The summed E-state index contributed by atoms with van der Waals surface area (Å²) in [4.78, 5) is 27.2. The van der Waals surface area contributed by atoms with Crippen LogP contribution in [0.1, 0.15) is 26.3 Å². The molecule has 0 aliphatic carbocycles. The molecule has 0 amide bonds. The van der Waals surface area contributed by atoms with Crippen LogP contribution in [0.2, 0.25) is 0 Å². The van der Waals surface area contributed by atoms with E-state index in [0.717, 1.165) is 12.1 Å². The fourth-order valence-corrected chi connectivity index (χ4v) is 2.74. The van der Waals surface area contributed by atoms with Crippen LogP contribution in [0.4, 0.5) is 18.9 Å². The van der Waals surface area contributed by atoms with Crippen LogP contribution in [-0.2, 0) is 15.8 Å². The van der Waals surface area contributed by atoms with Gasteiger partial charge in [-0.2, -0.15) is 13.2 Å². The predicted molar refractivity (Wildman–Crippen MR) is 103 cm³/mol. The molecular weight excluding hydrogens is 401 g/mol. The van der Waals surface area contributed by atoms with Crippen LogP contribution in [0, 0.1) is 5.41 Å². The lowest BCUT2D eigenvalue weighted by Gasteiger charge is -2.36. The smallest absolute Gasteiger partial charge is 0.416 e. The van der Waals surface area contributed by atoms with Crippen LogP contribution in [0.15, 0.2) is 36.7 Å². The Morgan fingerprint density at radius 2 is 1.67 bits per heavy atom. The third kappa shape index (κ3) is 5.38. The first-order valence-corrected chi connectivity index (χ1v) is 9.42. The minimum atomic E-state index is -4.51. The normalized spacial score (nSPS) is 15.7. The van der Waals surface area contributed by atoms with Crippen molar-refractivity contribution in [3.8, 4) is 11.8 Å². The number of carbonyl (C=O) groups excluding carboxylic acids is 1. The van der Waals surface area contributed by atoms with Crippen molar-refractivity contribution in [3.05, 3.63) is 42.2 Å². The minimum absolute atomic E-state index is 0.0103. The maximum atomic E-state index is 13.2. The number of halogens is 3. The van der Waals surface area contributed by atoms with E-state index in [-0.39, 0.29) is 17.7 Å². The Bertz CT molecular complexity index is 877. The summed E-state index contributed by atoms with van der Waals surface area (Å²) in [5, 5.41) is 1.56. The number of nitrogens with zero attached hydrogens (tertiary/aromatic N) is 4. The van der Waals surface area contributed by atoms with Crippen LogP contribution in [-0.4, -0.2) is 47.2 Å². The van der Waals surface area contributed by atoms with E-state index in [2.05, 4.69) is 9.97 Å². The molecule has 30 heavy (non-hydrogen) atoms. The lowest BCUT2D eigenvalue weighted by Crippen LogP contribution is -2.48. The van der Waals surface area contributed by atoms with Crippen molar-refractivity contribution in [2.24, 2.45) is 5.41 Å². The van der Waals surface area contributed by atoms with Gasteiger partial charge in [0.05, 0.1) is 29.8 Å². The van der Waals surface area contributed by atoms with Gasteiger partial charge in [-0.05, 0) is 45.0 Å². The highest BCUT2D eigenvalue weighted by atomic mass is 19.4. The SMILES string of the molecule is CC(C)(C)C(=O)ON1CCN(c2ccc(C(F)(F)F)cc2Oc2ncccn2)CC1. The van der Waals surface area contributed by atoms with Gasteiger partial charge in [-0.25, -0.2) is 14.8 Å². The number of benzene rings is 1. The molecule has 2 aromatic rings. The predicted octanol–water partition coefficient (Wildman–Crippen LogP) is 3.91. The number of alkyl halides is 3. The number of rotatable bonds is 4. The highest BCUT2D eigenvalue weighted by Gasteiger charge is 2.33. The molecule has 1 aromatic heterocycles. The first kappa shape index (κ1) is 21.8. The van der Waals surface area contributed by atoms with Crippen molar-refractivity contribution >= 4 is 11.7 Å². The third-order valence-electron chi connectivity index (χ3n) is 4.43. The number of piperazine rings is 1. The van der Waals surface area contributed by atoms with E-state index < -0.39 is 17.2 Å². The fraction of sp³-hybridized carbons (Fsp3) is 0.450. The van der Waals surface area contributed by atoms with Crippen molar-refractivity contribution in [3.63, 3.8) is 0 Å². The standard InChI is InChI=1S/C20H23F3N4O3/c1-19(2,3)17(28)30-27-11-9-26(10-12-27)15-6-5-14(20(21,22)23)13-16(15)29-18-24-7-4-8-25-18/h4-8,13H,9-12H2,1-3H3. The molecule has 1 aliphatic rings. The molecule has 0 atom stereocenters.